The zero-order valence-corrected chi connectivity index (χ0v) is 10.8. The first-order valence-corrected chi connectivity index (χ1v) is 6.03. The molecule has 1 unspecified atom stereocenters. The summed E-state index contributed by atoms with van der Waals surface area (Å²) in [5, 5.41) is 0. The summed E-state index contributed by atoms with van der Waals surface area (Å²) in [5.41, 5.74) is 7.76. The van der Waals surface area contributed by atoms with Crippen molar-refractivity contribution in [3.05, 3.63) is 6.33 Å². The second kappa shape index (κ2) is 3.57. The number of fused-ring (bicyclic) bond motifs is 1. The molecule has 0 spiro atoms. The van der Waals surface area contributed by atoms with E-state index < -0.39 is 0 Å². The van der Waals surface area contributed by atoms with Crippen LogP contribution in [0.4, 0.5) is 5.95 Å². The van der Waals surface area contributed by atoms with Gasteiger partial charge in [-0.05, 0) is 17.8 Å². The van der Waals surface area contributed by atoms with Crippen LogP contribution >= 0.6 is 0 Å². The number of hydrogen-bond acceptors (Lipinski definition) is 5. The summed E-state index contributed by atoms with van der Waals surface area (Å²) in [6.07, 6.45) is 2.70. The molecule has 1 fully saturated rings. The Labute approximate surface area is 105 Å². The number of nitrogens with two attached hydrogens (primary N) is 1. The number of ether oxygens (including phenoxy) is 1. The predicted molar refractivity (Wildman–Crippen MR) is 68.2 cm³/mol. The molecule has 0 aliphatic heterocycles. The summed E-state index contributed by atoms with van der Waals surface area (Å²) in [4.78, 5) is 12.6. The molecule has 1 saturated carbocycles. The minimum absolute atomic E-state index is 0.403. The first-order valence-electron chi connectivity index (χ1n) is 6.03. The Hall–Kier alpha value is -1.85. The van der Waals surface area contributed by atoms with E-state index in [1.165, 1.54) is 12.7 Å². The van der Waals surface area contributed by atoms with Crippen molar-refractivity contribution in [1.29, 1.82) is 0 Å². The maximum Gasteiger partial charge on any atom is 0.245 e. The van der Waals surface area contributed by atoms with Crippen LogP contribution in [0.5, 0.6) is 5.88 Å². The molecule has 0 bridgehead atoms. The van der Waals surface area contributed by atoms with Crippen molar-refractivity contribution in [2.75, 3.05) is 12.8 Å². The van der Waals surface area contributed by atoms with Crippen LogP contribution in [0.25, 0.3) is 11.2 Å². The van der Waals surface area contributed by atoms with E-state index in [0.29, 0.717) is 28.7 Å². The van der Waals surface area contributed by atoms with Gasteiger partial charge in [-0.15, -0.1) is 0 Å². The Morgan fingerprint density at radius 2 is 2.22 bits per heavy atom. The number of anilines is 1. The molecule has 2 aromatic heterocycles. The summed E-state index contributed by atoms with van der Waals surface area (Å²) in [6.45, 7) is 5.39. The molecule has 2 heterocycles. The summed E-state index contributed by atoms with van der Waals surface area (Å²) >= 11 is 0. The third kappa shape index (κ3) is 1.60. The largest absolute Gasteiger partial charge is 0.479 e. The molecule has 96 valence electrons. The Balaban J connectivity index is 2.04. The van der Waals surface area contributed by atoms with Crippen LogP contribution in [0, 0.1) is 11.3 Å². The highest BCUT2D eigenvalue weighted by Crippen LogP contribution is 2.52. The van der Waals surface area contributed by atoms with E-state index in [1.807, 2.05) is 4.57 Å². The maximum atomic E-state index is 5.97. The topological polar surface area (TPSA) is 78.8 Å². The summed E-state index contributed by atoms with van der Waals surface area (Å²) in [5.74, 6) is 1.59. The predicted octanol–water partition coefficient (Wildman–Crippen LogP) is 1.46. The minimum Gasteiger partial charge on any atom is -0.479 e. The van der Waals surface area contributed by atoms with E-state index in [-0.39, 0.29) is 0 Å². The van der Waals surface area contributed by atoms with Gasteiger partial charge in [0.05, 0.1) is 7.11 Å². The van der Waals surface area contributed by atoms with Gasteiger partial charge in [0, 0.05) is 6.54 Å². The molecule has 1 atom stereocenters. The normalized spacial score (nSPS) is 21.2. The molecule has 0 saturated heterocycles. The van der Waals surface area contributed by atoms with E-state index in [0.717, 1.165) is 12.2 Å². The first kappa shape index (κ1) is 11.3. The molecule has 1 aliphatic carbocycles. The van der Waals surface area contributed by atoms with Gasteiger partial charge in [-0.3, -0.25) is 4.57 Å². The Kier molecular flexibility index (Phi) is 2.23. The van der Waals surface area contributed by atoms with Crippen LogP contribution in [-0.2, 0) is 6.54 Å². The number of aromatic nitrogens is 4. The van der Waals surface area contributed by atoms with Crippen LogP contribution in [0.1, 0.15) is 20.3 Å². The van der Waals surface area contributed by atoms with Crippen LogP contribution in [-0.4, -0.2) is 26.6 Å². The highest BCUT2D eigenvalue weighted by atomic mass is 16.5. The van der Waals surface area contributed by atoms with Crippen LogP contribution < -0.4 is 10.5 Å². The number of hydrogen-bond donors (Lipinski definition) is 1. The number of nitrogen functional groups attached to an aromatic ring is 1. The summed E-state index contributed by atoms with van der Waals surface area (Å²) in [6, 6.07) is 0. The molecule has 3 rings (SSSR count). The Morgan fingerprint density at radius 1 is 1.50 bits per heavy atom. The van der Waals surface area contributed by atoms with Crippen LogP contribution in [0.3, 0.4) is 0 Å². The summed E-state index contributed by atoms with van der Waals surface area (Å²) < 4.78 is 7.13. The van der Waals surface area contributed by atoms with Crippen molar-refractivity contribution in [3.8, 4) is 5.88 Å². The highest BCUT2D eigenvalue weighted by Gasteiger charge is 2.45. The quantitative estimate of drug-likeness (QED) is 0.888. The second-order valence-corrected chi connectivity index (χ2v) is 5.53. The fraction of sp³-hybridized carbons (Fsp3) is 0.583. The number of methoxy groups -OCH3 is 1. The monoisotopic (exact) mass is 247 g/mol. The Morgan fingerprint density at radius 3 is 2.83 bits per heavy atom. The third-order valence-corrected chi connectivity index (χ3v) is 3.84. The Bertz CT molecular complexity index is 604. The van der Waals surface area contributed by atoms with Gasteiger partial charge < -0.3 is 10.5 Å². The molecule has 0 radical (unpaired) electrons. The lowest BCUT2D eigenvalue weighted by atomic mass is 10.1. The first-order chi connectivity index (χ1) is 8.53. The molecule has 18 heavy (non-hydrogen) atoms. The lowest BCUT2D eigenvalue weighted by molar-refractivity contribution is 0.401. The molecule has 6 nitrogen and oxygen atoms in total. The minimum atomic E-state index is 0.403. The second-order valence-electron chi connectivity index (χ2n) is 5.53. The van der Waals surface area contributed by atoms with Crippen molar-refractivity contribution in [3.63, 3.8) is 0 Å². The van der Waals surface area contributed by atoms with Crippen molar-refractivity contribution in [2.24, 2.45) is 11.3 Å². The highest BCUT2D eigenvalue weighted by molar-refractivity contribution is 5.78. The van der Waals surface area contributed by atoms with Gasteiger partial charge in [0.25, 0.3) is 0 Å². The van der Waals surface area contributed by atoms with Crippen molar-refractivity contribution >= 4 is 17.1 Å². The number of imidazole rings is 1. The van der Waals surface area contributed by atoms with Gasteiger partial charge in [-0.25, -0.2) is 9.97 Å². The van der Waals surface area contributed by atoms with Crippen LogP contribution in [0.15, 0.2) is 6.33 Å². The SMILES string of the molecule is COc1ncnc2c1nc(N)n2CC1CC1(C)C. The molecule has 2 aromatic rings. The molecule has 1 aliphatic rings. The van der Waals surface area contributed by atoms with Crippen molar-refractivity contribution in [2.45, 2.75) is 26.8 Å². The van der Waals surface area contributed by atoms with E-state index in [9.17, 15) is 0 Å². The maximum absolute atomic E-state index is 5.97. The van der Waals surface area contributed by atoms with Gasteiger partial charge >= 0.3 is 0 Å². The molecule has 0 amide bonds. The van der Waals surface area contributed by atoms with Gasteiger partial charge in [0.15, 0.2) is 11.2 Å². The zero-order chi connectivity index (χ0) is 12.9. The lowest BCUT2D eigenvalue weighted by Crippen LogP contribution is -2.08. The van der Waals surface area contributed by atoms with E-state index >= 15 is 0 Å². The number of nitrogens with zero attached hydrogens (tertiary/aromatic N) is 4. The van der Waals surface area contributed by atoms with Gasteiger partial charge in [0.2, 0.25) is 11.8 Å². The average molecular weight is 247 g/mol. The van der Waals surface area contributed by atoms with Gasteiger partial charge in [-0.2, -0.15) is 4.98 Å². The van der Waals surface area contributed by atoms with E-state index in [2.05, 4.69) is 28.8 Å². The average Bonchev–Trinajstić information content (AvgIpc) is 2.80. The molecular formula is C12H17N5O. The van der Waals surface area contributed by atoms with E-state index in [1.54, 1.807) is 7.11 Å². The molecule has 0 aromatic carbocycles. The smallest absolute Gasteiger partial charge is 0.245 e. The third-order valence-electron chi connectivity index (χ3n) is 3.84. The standard InChI is InChI=1S/C12H17N5O/c1-12(2)4-7(12)5-17-9-8(16-11(17)13)10(18-3)15-6-14-9/h6-7H,4-5H2,1-3H3,(H2,13,16). The van der Waals surface area contributed by atoms with Gasteiger partial charge in [0.1, 0.15) is 6.33 Å². The van der Waals surface area contributed by atoms with Crippen molar-refractivity contribution < 1.29 is 4.74 Å². The molecule has 2 N–H and O–H groups in total. The lowest BCUT2D eigenvalue weighted by Gasteiger charge is -2.07. The van der Waals surface area contributed by atoms with Gasteiger partial charge in [-0.1, -0.05) is 13.8 Å². The zero-order valence-electron chi connectivity index (χ0n) is 10.8. The summed E-state index contributed by atoms with van der Waals surface area (Å²) in [7, 11) is 1.57. The van der Waals surface area contributed by atoms with Crippen molar-refractivity contribution in [1.82, 2.24) is 19.5 Å². The fourth-order valence-electron chi connectivity index (χ4n) is 2.37. The van der Waals surface area contributed by atoms with E-state index in [4.69, 9.17) is 10.5 Å². The fourth-order valence-corrected chi connectivity index (χ4v) is 2.37. The molecule has 6 heteroatoms. The molecular weight excluding hydrogens is 230 g/mol. The number of rotatable bonds is 3. The van der Waals surface area contributed by atoms with Crippen LogP contribution in [0.2, 0.25) is 0 Å².